The van der Waals surface area contributed by atoms with Gasteiger partial charge in [0.25, 0.3) is 0 Å². The van der Waals surface area contributed by atoms with E-state index in [1.165, 1.54) is 17.7 Å². The first-order valence-electron chi connectivity index (χ1n) is 4.90. The highest BCUT2D eigenvalue weighted by molar-refractivity contribution is 7.16. The molecule has 0 aliphatic rings. The van der Waals surface area contributed by atoms with E-state index in [0.717, 1.165) is 10.2 Å². The summed E-state index contributed by atoms with van der Waals surface area (Å²) < 4.78 is 0. The fraction of sp³-hybridized carbons (Fsp3) is 0.300. The standard InChI is InChI=1S/C10H11N3O2S/c1-2-7(10(14)15)13-8-6-3-4-16-9(6)12-5-11-8/h3-5,7H,2H2,1H3,(H,14,15)(H,11,12,13). The molecule has 0 aliphatic carbocycles. The van der Waals surface area contributed by atoms with Gasteiger partial charge >= 0.3 is 5.97 Å². The average Bonchev–Trinajstić information content (AvgIpc) is 2.73. The zero-order chi connectivity index (χ0) is 11.5. The van der Waals surface area contributed by atoms with Crippen molar-refractivity contribution in [2.45, 2.75) is 19.4 Å². The lowest BCUT2D eigenvalue weighted by Crippen LogP contribution is -2.28. The van der Waals surface area contributed by atoms with Gasteiger partial charge in [0, 0.05) is 0 Å². The summed E-state index contributed by atoms with van der Waals surface area (Å²) in [5.41, 5.74) is 0. The first kappa shape index (κ1) is 10.8. The van der Waals surface area contributed by atoms with E-state index in [1.54, 1.807) is 0 Å². The zero-order valence-electron chi connectivity index (χ0n) is 8.67. The van der Waals surface area contributed by atoms with E-state index >= 15 is 0 Å². The number of fused-ring (bicyclic) bond motifs is 1. The molecule has 0 spiro atoms. The minimum atomic E-state index is -0.871. The van der Waals surface area contributed by atoms with Crippen LogP contribution in [0.15, 0.2) is 17.8 Å². The van der Waals surface area contributed by atoms with E-state index < -0.39 is 12.0 Å². The van der Waals surface area contributed by atoms with Gasteiger partial charge in [0.1, 0.15) is 23.0 Å². The van der Waals surface area contributed by atoms with Crippen molar-refractivity contribution >= 4 is 33.3 Å². The summed E-state index contributed by atoms with van der Waals surface area (Å²) in [6.45, 7) is 1.82. The molecule has 0 fully saturated rings. The monoisotopic (exact) mass is 237 g/mol. The number of aliphatic carboxylic acids is 1. The van der Waals surface area contributed by atoms with Crippen molar-refractivity contribution in [3.05, 3.63) is 17.8 Å². The Morgan fingerprint density at radius 3 is 3.12 bits per heavy atom. The zero-order valence-corrected chi connectivity index (χ0v) is 9.49. The third-order valence-corrected chi connectivity index (χ3v) is 3.10. The van der Waals surface area contributed by atoms with Crippen molar-refractivity contribution < 1.29 is 9.90 Å². The maximum atomic E-state index is 10.9. The summed E-state index contributed by atoms with van der Waals surface area (Å²) in [4.78, 5) is 19.9. The van der Waals surface area contributed by atoms with Crippen LogP contribution >= 0.6 is 11.3 Å². The predicted molar refractivity (Wildman–Crippen MR) is 62.8 cm³/mol. The van der Waals surface area contributed by atoms with Crippen LogP contribution in [0.5, 0.6) is 0 Å². The lowest BCUT2D eigenvalue weighted by atomic mass is 10.2. The number of nitrogens with zero attached hydrogens (tertiary/aromatic N) is 2. The SMILES string of the molecule is CCC(Nc1ncnc2sccc12)C(=O)O. The van der Waals surface area contributed by atoms with Crippen LogP contribution in [0.2, 0.25) is 0 Å². The summed E-state index contributed by atoms with van der Waals surface area (Å²) in [7, 11) is 0. The number of anilines is 1. The Bertz CT molecular complexity index is 511. The van der Waals surface area contributed by atoms with E-state index in [9.17, 15) is 4.79 Å². The molecule has 0 aromatic carbocycles. The van der Waals surface area contributed by atoms with Crippen LogP contribution < -0.4 is 5.32 Å². The van der Waals surface area contributed by atoms with E-state index in [1.807, 2.05) is 18.4 Å². The molecule has 0 bridgehead atoms. The molecule has 2 heterocycles. The lowest BCUT2D eigenvalue weighted by molar-refractivity contribution is -0.137. The van der Waals surface area contributed by atoms with Gasteiger partial charge in [-0.25, -0.2) is 14.8 Å². The molecule has 0 saturated heterocycles. The van der Waals surface area contributed by atoms with Crippen molar-refractivity contribution in [1.82, 2.24) is 9.97 Å². The number of hydrogen-bond acceptors (Lipinski definition) is 5. The predicted octanol–water partition coefficient (Wildman–Crippen LogP) is 1.97. The topological polar surface area (TPSA) is 75.1 Å². The molecular weight excluding hydrogens is 226 g/mol. The van der Waals surface area contributed by atoms with Crippen LogP contribution in [0.1, 0.15) is 13.3 Å². The molecule has 0 amide bonds. The maximum Gasteiger partial charge on any atom is 0.326 e. The van der Waals surface area contributed by atoms with Crippen molar-refractivity contribution in [3.63, 3.8) is 0 Å². The molecule has 2 N–H and O–H groups in total. The van der Waals surface area contributed by atoms with Gasteiger partial charge in [0.05, 0.1) is 5.39 Å². The lowest BCUT2D eigenvalue weighted by Gasteiger charge is -2.12. The minimum Gasteiger partial charge on any atom is -0.480 e. The largest absolute Gasteiger partial charge is 0.480 e. The molecule has 2 rings (SSSR count). The Balaban J connectivity index is 2.33. The first-order chi connectivity index (χ1) is 7.72. The van der Waals surface area contributed by atoms with E-state index in [-0.39, 0.29) is 0 Å². The van der Waals surface area contributed by atoms with Gasteiger partial charge < -0.3 is 10.4 Å². The van der Waals surface area contributed by atoms with Crippen LogP contribution in [-0.4, -0.2) is 27.1 Å². The number of hydrogen-bond donors (Lipinski definition) is 2. The molecule has 1 atom stereocenters. The van der Waals surface area contributed by atoms with Crippen molar-refractivity contribution in [3.8, 4) is 0 Å². The van der Waals surface area contributed by atoms with Gasteiger partial charge in [0.15, 0.2) is 0 Å². The van der Waals surface area contributed by atoms with Gasteiger partial charge in [-0.15, -0.1) is 11.3 Å². The van der Waals surface area contributed by atoms with Crippen molar-refractivity contribution in [1.29, 1.82) is 0 Å². The van der Waals surface area contributed by atoms with E-state index in [4.69, 9.17) is 5.11 Å². The van der Waals surface area contributed by atoms with Crippen molar-refractivity contribution in [2.75, 3.05) is 5.32 Å². The smallest absolute Gasteiger partial charge is 0.326 e. The first-order valence-corrected chi connectivity index (χ1v) is 5.78. The summed E-state index contributed by atoms with van der Waals surface area (Å²) in [5, 5.41) is 14.6. The van der Waals surface area contributed by atoms with Crippen LogP contribution in [-0.2, 0) is 4.79 Å². The fourth-order valence-corrected chi connectivity index (χ4v) is 2.14. The summed E-state index contributed by atoms with van der Waals surface area (Å²) in [5.74, 6) is -0.287. The number of aromatic nitrogens is 2. The van der Waals surface area contributed by atoms with E-state index in [2.05, 4.69) is 15.3 Å². The molecule has 2 aromatic rings. The minimum absolute atomic E-state index is 0.505. The van der Waals surface area contributed by atoms with Crippen LogP contribution in [0, 0.1) is 0 Å². The third-order valence-electron chi connectivity index (χ3n) is 2.28. The Hall–Kier alpha value is -1.69. The summed E-state index contributed by atoms with van der Waals surface area (Å²) >= 11 is 1.51. The summed E-state index contributed by atoms with van der Waals surface area (Å²) in [6, 6.07) is 1.27. The van der Waals surface area contributed by atoms with E-state index in [0.29, 0.717) is 12.2 Å². The van der Waals surface area contributed by atoms with Crippen LogP contribution in [0.3, 0.4) is 0 Å². The molecule has 6 heteroatoms. The molecule has 16 heavy (non-hydrogen) atoms. The van der Waals surface area contributed by atoms with Gasteiger partial charge in [-0.05, 0) is 17.9 Å². The highest BCUT2D eigenvalue weighted by Crippen LogP contribution is 2.24. The second-order valence-corrected chi connectivity index (χ2v) is 4.20. The number of carboxylic acids is 1. The van der Waals surface area contributed by atoms with Gasteiger partial charge in [0.2, 0.25) is 0 Å². The second kappa shape index (κ2) is 4.44. The van der Waals surface area contributed by atoms with Crippen LogP contribution in [0.4, 0.5) is 5.82 Å². The number of thiophene rings is 1. The molecule has 84 valence electrons. The second-order valence-electron chi connectivity index (χ2n) is 3.31. The number of carbonyl (C=O) groups is 1. The highest BCUT2D eigenvalue weighted by Gasteiger charge is 2.16. The summed E-state index contributed by atoms with van der Waals surface area (Å²) in [6.07, 6.45) is 1.95. The Morgan fingerprint density at radius 2 is 2.44 bits per heavy atom. The highest BCUT2D eigenvalue weighted by atomic mass is 32.1. The van der Waals surface area contributed by atoms with Gasteiger partial charge in [-0.1, -0.05) is 6.92 Å². The normalized spacial score (nSPS) is 12.6. The number of carboxylic acid groups (broad SMARTS) is 1. The maximum absolute atomic E-state index is 10.9. The number of nitrogens with one attached hydrogen (secondary N) is 1. The molecule has 5 nitrogen and oxygen atoms in total. The molecule has 1 unspecified atom stereocenters. The fourth-order valence-electron chi connectivity index (χ4n) is 1.41. The Morgan fingerprint density at radius 1 is 1.62 bits per heavy atom. The molecule has 0 saturated carbocycles. The van der Waals surface area contributed by atoms with Crippen LogP contribution in [0.25, 0.3) is 10.2 Å². The molecule has 0 aliphatic heterocycles. The quantitative estimate of drug-likeness (QED) is 0.850. The Labute approximate surface area is 96.2 Å². The molecule has 0 radical (unpaired) electrons. The molecular formula is C10H11N3O2S. The van der Waals surface area contributed by atoms with Gasteiger partial charge in [-0.3, -0.25) is 0 Å². The third kappa shape index (κ3) is 1.96. The molecule has 2 aromatic heterocycles. The number of rotatable bonds is 4. The average molecular weight is 237 g/mol. The van der Waals surface area contributed by atoms with Gasteiger partial charge in [-0.2, -0.15) is 0 Å². The van der Waals surface area contributed by atoms with Crippen molar-refractivity contribution in [2.24, 2.45) is 0 Å². The Kier molecular flexibility index (Phi) is 3.00.